The fourth-order valence-corrected chi connectivity index (χ4v) is 1.15. The van der Waals surface area contributed by atoms with Crippen molar-refractivity contribution in [2.45, 2.75) is 13.1 Å². The van der Waals surface area contributed by atoms with E-state index in [4.69, 9.17) is 5.11 Å². The summed E-state index contributed by atoms with van der Waals surface area (Å²) in [6, 6.07) is 9.37. The minimum atomic E-state index is -1.84. The Morgan fingerprint density at radius 1 is 1.40 bits per heavy atom. The Labute approximate surface area is 88.1 Å². The summed E-state index contributed by atoms with van der Waals surface area (Å²) >= 11 is 0. The van der Waals surface area contributed by atoms with E-state index in [9.17, 15) is 9.18 Å². The molecule has 1 aromatic rings. The van der Waals surface area contributed by atoms with Gasteiger partial charge < -0.3 is 5.11 Å². The average Bonchev–Trinajstić information content (AvgIpc) is 2.26. The van der Waals surface area contributed by atoms with Gasteiger partial charge in [0.15, 0.2) is 0 Å². The van der Waals surface area contributed by atoms with Crippen molar-refractivity contribution in [2.75, 3.05) is 0 Å². The first kappa shape index (κ1) is 11.4. The number of rotatable bonds is 4. The van der Waals surface area contributed by atoms with Crippen molar-refractivity contribution in [1.82, 2.24) is 0 Å². The molecule has 2 atom stereocenters. The third kappa shape index (κ3) is 3.54. The number of carbonyl (C=O) groups is 1. The molecule has 1 aromatic carbocycles. The Morgan fingerprint density at radius 3 is 2.53 bits per heavy atom. The molecule has 0 amide bonds. The second kappa shape index (κ2) is 5.29. The van der Waals surface area contributed by atoms with Crippen LogP contribution in [0.1, 0.15) is 12.5 Å². The summed E-state index contributed by atoms with van der Waals surface area (Å²) in [5.74, 6) is -2.04. The smallest absolute Gasteiger partial charge is 0.338 e. The number of hydrogen-bond donors (Lipinski definition) is 1. The van der Waals surface area contributed by atoms with Gasteiger partial charge in [-0.15, -0.1) is 0 Å². The maximum Gasteiger partial charge on any atom is 0.338 e. The number of allylic oxidation sites excluding steroid dienone is 1. The molecule has 0 bridgehead atoms. The van der Waals surface area contributed by atoms with Gasteiger partial charge in [0.05, 0.1) is 0 Å². The molecular weight excluding hydrogens is 195 g/mol. The average molecular weight is 208 g/mol. The van der Waals surface area contributed by atoms with Gasteiger partial charge in [-0.1, -0.05) is 49.4 Å². The van der Waals surface area contributed by atoms with E-state index in [1.165, 1.54) is 6.92 Å². The van der Waals surface area contributed by atoms with Gasteiger partial charge >= 0.3 is 5.97 Å². The van der Waals surface area contributed by atoms with Crippen molar-refractivity contribution < 1.29 is 14.3 Å². The van der Waals surface area contributed by atoms with Crippen LogP contribution in [0, 0.1) is 5.92 Å². The second-order valence-electron chi connectivity index (χ2n) is 3.37. The highest BCUT2D eigenvalue weighted by atomic mass is 19.1. The number of alkyl halides is 1. The Morgan fingerprint density at radius 2 is 2.00 bits per heavy atom. The van der Waals surface area contributed by atoms with Gasteiger partial charge in [0.25, 0.3) is 0 Å². The Kier molecular flexibility index (Phi) is 4.03. The minimum Gasteiger partial charge on any atom is -0.479 e. The zero-order chi connectivity index (χ0) is 11.3. The van der Waals surface area contributed by atoms with E-state index < -0.39 is 18.1 Å². The highest BCUT2D eigenvalue weighted by molar-refractivity contribution is 5.73. The summed E-state index contributed by atoms with van der Waals surface area (Å²) in [5.41, 5.74) is 0.932. The van der Waals surface area contributed by atoms with Crippen LogP contribution in [-0.4, -0.2) is 17.2 Å². The molecule has 0 unspecified atom stereocenters. The largest absolute Gasteiger partial charge is 0.479 e. The number of aliphatic carboxylic acids is 1. The quantitative estimate of drug-likeness (QED) is 0.826. The van der Waals surface area contributed by atoms with Crippen LogP contribution in [0.5, 0.6) is 0 Å². The molecule has 0 aromatic heterocycles. The number of carboxylic acids is 1. The van der Waals surface area contributed by atoms with Gasteiger partial charge in [0.2, 0.25) is 6.17 Å². The molecule has 0 saturated carbocycles. The normalized spacial score (nSPS) is 15.1. The van der Waals surface area contributed by atoms with E-state index in [2.05, 4.69) is 0 Å². The van der Waals surface area contributed by atoms with E-state index >= 15 is 0 Å². The van der Waals surface area contributed by atoms with Crippen molar-refractivity contribution >= 4 is 12.0 Å². The molecule has 0 fully saturated rings. The van der Waals surface area contributed by atoms with Gasteiger partial charge in [0, 0.05) is 5.92 Å². The first-order chi connectivity index (χ1) is 7.11. The summed E-state index contributed by atoms with van der Waals surface area (Å²) in [5, 5.41) is 8.44. The molecule has 0 aliphatic heterocycles. The monoisotopic (exact) mass is 208 g/mol. The first-order valence-corrected chi connectivity index (χ1v) is 4.71. The van der Waals surface area contributed by atoms with Crippen molar-refractivity contribution in [2.24, 2.45) is 5.92 Å². The van der Waals surface area contributed by atoms with Crippen molar-refractivity contribution in [1.29, 1.82) is 0 Å². The predicted octanol–water partition coefficient (Wildman–Crippen LogP) is 2.76. The van der Waals surface area contributed by atoms with Crippen LogP contribution in [0.25, 0.3) is 6.08 Å². The van der Waals surface area contributed by atoms with Crippen LogP contribution in [0.3, 0.4) is 0 Å². The fraction of sp³-hybridized carbons (Fsp3) is 0.250. The van der Waals surface area contributed by atoms with Crippen molar-refractivity contribution in [3.63, 3.8) is 0 Å². The predicted molar refractivity (Wildman–Crippen MR) is 57.2 cm³/mol. The van der Waals surface area contributed by atoms with Crippen molar-refractivity contribution in [3.8, 4) is 0 Å². The highest BCUT2D eigenvalue weighted by Crippen LogP contribution is 2.12. The van der Waals surface area contributed by atoms with Crippen LogP contribution in [0.4, 0.5) is 4.39 Å². The Bertz CT molecular complexity index is 346. The summed E-state index contributed by atoms with van der Waals surface area (Å²) in [4.78, 5) is 10.3. The molecule has 0 aliphatic rings. The standard InChI is InChI=1S/C12H13FO2/c1-9(11(13)12(14)15)7-8-10-5-3-2-4-6-10/h2-9,11H,1H3,(H,14,15)/b8-7+/t9-,11+/m0/s1. The summed E-state index contributed by atoms with van der Waals surface area (Å²) in [6.07, 6.45) is 1.44. The van der Waals surface area contributed by atoms with E-state index in [1.807, 2.05) is 30.3 Å². The molecule has 2 nitrogen and oxygen atoms in total. The second-order valence-corrected chi connectivity index (χ2v) is 3.37. The van der Waals surface area contributed by atoms with Crippen LogP contribution < -0.4 is 0 Å². The Balaban J connectivity index is 2.62. The highest BCUT2D eigenvalue weighted by Gasteiger charge is 2.21. The Hall–Kier alpha value is -1.64. The topological polar surface area (TPSA) is 37.3 Å². The molecule has 0 aliphatic carbocycles. The molecule has 0 heterocycles. The van der Waals surface area contributed by atoms with Gasteiger partial charge in [0.1, 0.15) is 0 Å². The molecular formula is C12H13FO2. The molecule has 3 heteroatoms. The zero-order valence-electron chi connectivity index (χ0n) is 8.43. The fourth-order valence-electron chi connectivity index (χ4n) is 1.15. The number of benzene rings is 1. The third-order valence-corrected chi connectivity index (χ3v) is 2.09. The van der Waals surface area contributed by atoms with Gasteiger partial charge in [-0.3, -0.25) is 0 Å². The lowest BCUT2D eigenvalue weighted by Crippen LogP contribution is -2.21. The van der Waals surface area contributed by atoms with Gasteiger partial charge in [-0.25, -0.2) is 9.18 Å². The SMILES string of the molecule is C[C@@H](/C=C/c1ccccc1)[C@@H](F)C(=O)O. The molecule has 1 rings (SSSR count). The maximum absolute atomic E-state index is 13.0. The molecule has 15 heavy (non-hydrogen) atoms. The third-order valence-electron chi connectivity index (χ3n) is 2.09. The zero-order valence-corrected chi connectivity index (χ0v) is 8.43. The van der Waals surface area contributed by atoms with Gasteiger partial charge in [-0.05, 0) is 5.56 Å². The molecule has 0 radical (unpaired) electrons. The summed E-state index contributed by atoms with van der Waals surface area (Å²) in [7, 11) is 0. The van der Waals surface area contributed by atoms with Crippen LogP contribution in [-0.2, 0) is 4.79 Å². The molecule has 1 N–H and O–H groups in total. The molecule has 0 spiro atoms. The molecule has 0 saturated heterocycles. The lowest BCUT2D eigenvalue weighted by Gasteiger charge is -2.07. The van der Waals surface area contributed by atoms with Crippen LogP contribution in [0.15, 0.2) is 36.4 Å². The number of halogens is 1. The summed E-state index contributed by atoms with van der Waals surface area (Å²) < 4.78 is 13.0. The van der Waals surface area contributed by atoms with E-state index in [0.717, 1.165) is 5.56 Å². The lowest BCUT2D eigenvalue weighted by molar-refractivity contribution is -0.143. The van der Waals surface area contributed by atoms with Crippen LogP contribution >= 0.6 is 0 Å². The van der Waals surface area contributed by atoms with Crippen molar-refractivity contribution in [3.05, 3.63) is 42.0 Å². The summed E-state index contributed by atoms with van der Waals surface area (Å²) in [6.45, 7) is 1.54. The lowest BCUT2D eigenvalue weighted by atomic mass is 10.0. The van der Waals surface area contributed by atoms with E-state index in [0.29, 0.717) is 0 Å². The molecule has 80 valence electrons. The maximum atomic E-state index is 13.0. The van der Waals surface area contributed by atoms with Gasteiger partial charge in [-0.2, -0.15) is 0 Å². The van der Waals surface area contributed by atoms with Crippen LogP contribution in [0.2, 0.25) is 0 Å². The number of carboxylic acid groups (broad SMARTS) is 1. The van der Waals surface area contributed by atoms with E-state index in [-0.39, 0.29) is 0 Å². The minimum absolute atomic E-state index is 0.622. The number of hydrogen-bond acceptors (Lipinski definition) is 1. The van der Waals surface area contributed by atoms with E-state index in [1.54, 1.807) is 12.2 Å². The first-order valence-electron chi connectivity index (χ1n) is 4.71.